The molecule has 1 rings (SSSR count). The summed E-state index contributed by atoms with van der Waals surface area (Å²) in [7, 11) is 0. The summed E-state index contributed by atoms with van der Waals surface area (Å²) >= 11 is 0. The summed E-state index contributed by atoms with van der Waals surface area (Å²) in [6.07, 6.45) is 7.92. The topological polar surface area (TPSA) is 41.1 Å². The van der Waals surface area contributed by atoms with Gasteiger partial charge in [-0.15, -0.1) is 0 Å². The zero-order valence-electron chi connectivity index (χ0n) is 12.5. The molecule has 0 spiro atoms. The van der Waals surface area contributed by atoms with Crippen LogP contribution in [0.3, 0.4) is 0 Å². The van der Waals surface area contributed by atoms with Crippen LogP contribution >= 0.6 is 0 Å². The molecule has 18 heavy (non-hydrogen) atoms. The molecule has 1 aliphatic rings. The summed E-state index contributed by atoms with van der Waals surface area (Å²) in [5.41, 5.74) is 0.00287. The van der Waals surface area contributed by atoms with Gasteiger partial charge in [0, 0.05) is 11.6 Å². The van der Waals surface area contributed by atoms with Crippen LogP contribution in [-0.4, -0.2) is 24.0 Å². The molecule has 1 fully saturated rings. The van der Waals surface area contributed by atoms with Crippen molar-refractivity contribution in [2.45, 2.75) is 77.8 Å². The molecule has 1 aliphatic carbocycles. The Kier molecular flexibility index (Phi) is 6.13. The van der Waals surface area contributed by atoms with Crippen LogP contribution in [0.1, 0.15) is 66.2 Å². The van der Waals surface area contributed by atoms with Crippen molar-refractivity contribution in [1.82, 2.24) is 10.6 Å². The van der Waals surface area contributed by atoms with Crippen molar-refractivity contribution in [3.8, 4) is 0 Å². The lowest BCUT2D eigenvalue weighted by Gasteiger charge is -2.25. The highest BCUT2D eigenvalue weighted by molar-refractivity contribution is 5.78. The third-order valence-electron chi connectivity index (χ3n) is 3.77. The molecule has 3 nitrogen and oxygen atoms in total. The van der Waals surface area contributed by atoms with Crippen molar-refractivity contribution < 1.29 is 4.79 Å². The molecule has 0 bridgehead atoms. The van der Waals surface area contributed by atoms with Crippen LogP contribution in [0.25, 0.3) is 0 Å². The molecule has 1 atom stereocenters. The van der Waals surface area contributed by atoms with E-state index in [9.17, 15) is 4.79 Å². The van der Waals surface area contributed by atoms with Gasteiger partial charge in [0.25, 0.3) is 0 Å². The van der Waals surface area contributed by atoms with Crippen molar-refractivity contribution in [1.29, 1.82) is 0 Å². The van der Waals surface area contributed by atoms with E-state index < -0.39 is 0 Å². The Morgan fingerprint density at radius 1 is 1.17 bits per heavy atom. The first kappa shape index (κ1) is 15.5. The van der Waals surface area contributed by atoms with Crippen molar-refractivity contribution >= 4 is 5.91 Å². The van der Waals surface area contributed by atoms with Crippen LogP contribution in [0.15, 0.2) is 0 Å². The quantitative estimate of drug-likeness (QED) is 0.757. The Bertz CT molecular complexity index is 250. The number of carbonyl (C=O) groups excluding carboxylic acids is 1. The summed E-state index contributed by atoms with van der Waals surface area (Å²) in [6, 6.07) is 0.317. The Balaban J connectivity index is 2.29. The Labute approximate surface area is 112 Å². The third-order valence-corrected chi connectivity index (χ3v) is 3.77. The van der Waals surface area contributed by atoms with Crippen LogP contribution in [0.2, 0.25) is 0 Å². The first-order valence-corrected chi connectivity index (χ1v) is 7.43. The van der Waals surface area contributed by atoms with Gasteiger partial charge in [-0.2, -0.15) is 0 Å². The molecule has 0 radical (unpaired) electrons. The number of carbonyl (C=O) groups is 1. The molecule has 1 amide bonds. The molecule has 0 aromatic rings. The van der Waals surface area contributed by atoms with Gasteiger partial charge in [-0.1, -0.05) is 25.7 Å². The highest BCUT2D eigenvalue weighted by Gasteiger charge is 2.21. The molecule has 0 aromatic carbocycles. The standard InChI is InChI=1S/C15H30N2O/c1-12(13-9-7-5-6-8-10-13)17-14(18)11-16-15(2,3)4/h12-13,16H,5-11H2,1-4H3,(H,17,18)/t12-/m0/s1. The molecule has 0 unspecified atom stereocenters. The normalized spacial score (nSPS) is 20.2. The van der Waals surface area contributed by atoms with Gasteiger partial charge in [-0.3, -0.25) is 4.79 Å². The molecule has 2 N–H and O–H groups in total. The van der Waals surface area contributed by atoms with E-state index in [0.717, 1.165) is 0 Å². The lowest BCUT2D eigenvalue weighted by Crippen LogP contribution is -2.46. The summed E-state index contributed by atoms with van der Waals surface area (Å²) in [4.78, 5) is 11.9. The Morgan fingerprint density at radius 3 is 2.22 bits per heavy atom. The SMILES string of the molecule is C[C@H](NC(=O)CNC(C)(C)C)C1CCCCCC1. The minimum Gasteiger partial charge on any atom is -0.352 e. The number of hydrogen-bond acceptors (Lipinski definition) is 2. The number of rotatable bonds is 4. The van der Waals surface area contributed by atoms with Crippen molar-refractivity contribution in [2.24, 2.45) is 5.92 Å². The molecule has 0 aliphatic heterocycles. The molecule has 106 valence electrons. The average molecular weight is 254 g/mol. The van der Waals surface area contributed by atoms with E-state index in [0.29, 0.717) is 18.5 Å². The number of hydrogen-bond donors (Lipinski definition) is 2. The lowest BCUT2D eigenvalue weighted by molar-refractivity contribution is -0.121. The fraction of sp³-hybridized carbons (Fsp3) is 0.933. The van der Waals surface area contributed by atoms with E-state index in [4.69, 9.17) is 0 Å². The smallest absolute Gasteiger partial charge is 0.234 e. The second-order valence-corrected chi connectivity index (χ2v) is 6.71. The van der Waals surface area contributed by atoms with Crippen LogP contribution in [0, 0.1) is 5.92 Å². The maximum Gasteiger partial charge on any atom is 0.234 e. The summed E-state index contributed by atoms with van der Waals surface area (Å²) in [5, 5.41) is 6.38. The van der Waals surface area contributed by atoms with Crippen LogP contribution in [0.4, 0.5) is 0 Å². The van der Waals surface area contributed by atoms with E-state index in [-0.39, 0.29) is 11.4 Å². The van der Waals surface area contributed by atoms with E-state index in [1.54, 1.807) is 0 Å². The fourth-order valence-corrected chi connectivity index (χ4v) is 2.58. The molecular formula is C15H30N2O. The van der Waals surface area contributed by atoms with Gasteiger partial charge in [-0.05, 0) is 46.5 Å². The van der Waals surface area contributed by atoms with E-state index >= 15 is 0 Å². The first-order chi connectivity index (χ1) is 8.38. The summed E-state index contributed by atoms with van der Waals surface area (Å²) in [5.74, 6) is 0.799. The van der Waals surface area contributed by atoms with Crippen molar-refractivity contribution in [3.05, 3.63) is 0 Å². The van der Waals surface area contributed by atoms with Crippen LogP contribution < -0.4 is 10.6 Å². The number of nitrogens with one attached hydrogen (secondary N) is 2. The minimum absolute atomic E-state index is 0.00287. The molecule has 0 saturated heterocycles. The number of amides is 1. The van der Waals surface area contributed by atoms with Gasteiger partial charge in [0.05, 0.1) is 6.54 Å². The van der Waals surface area contributed by atoms with Crippen LogP contribution in [0.5, 0.6) is 0 Å². The first-order valence-electron chi connectivity index (χ1n) is 7.43. The molecule has 3 heteroatoms. The zero-order chi connectivity index (χ0) is 13.6. The lowest BCUT2D eigenvalue weighted by atomic mass is 9.93. The zero-order valence-corrected chi connectivity index (χ0v) is 12.5. The maximum atomic E-state index is 11.9. The second-order valence-electron chi connectivity index (χ2n) is 6.71. The average Bonchev–Trinajstić information content (AvgIpc) is 2.54. The molecule has 0 heterocycles. The fourth-order valence-electron chi connectivity index (χ4n) is 2.58. The van der Waals surface area contributed by atoms with Crippen molar-refractivity contribution in [2.75, 3.05) is 6.54 Å². The molecular weight excluding hydrogens is 224 g/mol. The highest BCUT2D eigenvalue weighted by Crippen LogP contribution is 2.25. The van der Waals surface area contributed by atoms with E-state index in [1.165, 1.54) is 38.5 Å². The predicted molar refractivity (Wildman–Crippen MR) is 76.6 cm³/mol. The second kappa shape index (κ2) is 7.13. The van der Waals surface area contributed by atoms with Gasteiger partial charge in [-0.25, -0.2) is 0 Å². The predicted octanol–water partition coefficient (Wildman–Crippen LogP) is 2.85. The van der Waals surface area contributed by atoms with Gasteiger partial charge in [0.1, 0.15) is 0 Å². The minimum atomic E-state index is 0.00287. The largest absolute Gasteiger partial charge is 0.352 e. The highest BCUT2D eigenvalue weighted by atomic mass is 16.2. The molecule has 1 saturated carbocycles. The molecule has 0 aromatic heterocycles. The van der Waals surface area contributed by atoms with Gasteiger partial charge >= 0.3 is 0 Å². The van der Waals surface area contributed by atoms with Gasteiger partial charge in [0.2, 0.25) is 5.91 Å². The Morgan fingerprint density at radius 2 is 1.72 bits per heavy atom. The van der Waals surface area contributed by atoms with Gasteiger partial charge < -0.3 is 10.6 Å². The summed E-state index contributed by atoms with van der Waals surface area (Å²) < 4.78 is 0. The third kappa shape index (κ3) is 6.39. The van der Waals surface area contributed by atoms with Gasteiger partial charge in [0.15, 0.2) is 0 Å². The van der Waals surface area contributed by atoms with Crippen LogP contribution in [-0.2, 0) is 4.79 Å². The Hall–Kier alpha value is -0.570. The van der Waals surface area contributed by atoms with E-state index in [2.05, 4.69) is 38.3 Å². The maximum absolute atomic E-state index is 11.9. The monoisotopic (exact) mass is 254 g/mol. The van der Waals surface area contributed by atoms with Crippen molar-refractivity contribution in [3.63, 3.8) is 0 Å². The summed E-state index contributed by atoms with van der Waals surface area (Å²) in [6.45, 7) is 8.81. The van der Waals surface area contributed by atoms with E-state index in [1.807, 2.05) is 0 Å².